The van der Waals surface area contributed by atoms with Gasteiger partial charge in [0.2, 0.25) is 0 Å². The smallest absolute Gasteiger partial charge is 0.330 e. The maximum absolute atomic E-state index is 12.9. The number of anilines is 2. The summed E-state index contributed by atoms with van der Waals surface area (Å²) in [6.07, 6.45) is 0.609. The Morgan fingerprint density at radius 3 is 2.69 bits per heavy atom. The zero-order chi connectivity index (χ0) is 21.6. The van der Waals surface area contributed by atoms with E-state index in [0.717, 1.165) is 4.90 Å². The fraction of sp³-hybridized carbons (Fsp3) is 0.389. The molecule has 0 bridgehead atoms. The predicted octanol–water partition coefficient (Wildman–Crippen LogP) is 1.89. The second-order valence-electron chi connectivity index (χ2n) is 6.05. The van der Waals surface area contributed by atoms with Crippen molar-refractivity contribution in [2.24, 2.45) is 0 Å². The monoisotopic (exact) mass is 444 g/mol. The van der Waals surface area contributed by atoms with Gasteiger partial charge < -0.3 is 15.2 Å². The number of aromatic amines is 1. The number of rotatable bonds is 9. The molecule has 0 aliphatic carbocycles. The minimum Gasteiger partial charge on any atom is -0.482 e. The number of H-pyrrole nitrogens is 1. The fourth-order valence-electron chi connectivity index (χ4n) is 2.63. The van der Waals surface area contributed by atoms with E-state index in [1.165, 1.54) is 23.8 Å². The van der Waals surface area contributed by atoms with E-state index in [1.807, 2.05) is 6.92 Å². The average Bonchev–Trinajstić information content (AvgIpc) is 2.68. The maximum Gasteiger partial charge on any atom is 0.330 e. The van der Waals surface area contributed by atoms with Gasteiger partial charge in [0, 0.05) is 31.3 Å². The molecular weight excluding hydrogens is 423 g/mol. The number of carbonyl (C=O) groups excluding carboxylic acids is 1. The molecule has 1 aromatic heterocycles. The van der Waals surface area contributed by atoms with Crippen LogP contribution in [-0.2, 0) is 16.1 Å². The van der Waals surface area contributed by atoms with Crippen LogP contribution in [-0.4, -0.2) is 42.3 Å². The molecule has 0 aliphatic heterocycles. The molecule has 0 spiro atoms. The first-order chi connectivity index (χ1) is 13.8. The molecule has 1 amide bonds. The second-order valence-corrected chi connectivity index (χ2v) is 6.89. The minimum absolute atomic E-state index is 0.0274. The SMILES string of the molecule is CCCn1c(N)c(N(CCOC)C(=O)COc2cc(Cl)ccc2Cl)c(=O)[nH]c1=O. The van der Waals surface area contributed by atoms with E-state index in [-0.39, 0.29) is 42.0 Å². The summed E-state index contributed by atoms with van der Waals surface area (Å²) in [5.41, 5.74) is 4.51. The van der Waals surface area contributed by atoms with Crippen LogP contribution in [0.1, 0.15) is 13.3 Å². The summed E-state index contributed by atoms with van der Waals surface area (Å²) >= 11 is 12.0. The van der Waals surface area contributed by atoms with Crippen molar-refractivity contribution in [2.75, 3.05) is 37.5 Å². The molecule has 0 fully saturated rings. The van der Waals surface area contributed by atoms with Gasteiger partial charge in [-0.3, -0.25) is 24.0 Å². The maximum atomic E-state index is 12.9. The van der Waals surface area contributed by atoms with Gasteiger partial charge in [-0.15, -0.1) is 0 Å². The van der Waals surface area contributed by atoms with Crippen LogP contribution in [0.4, 0.5) is 11.5 Å². The Hall–Kier alpha value is -2.49. The summed E-state index contributed by atoms with van der Waals surface area (Å²) < 4.78 is 11.7. The highest BCUT2D eigenvalue weighted by molar-refractivity contribution is 6.34. The molecule has 0 atom stereocenters. The quantitative estimate of drug-likeness (QED) is 0.609. The van der Waals surface area contributed by atoms with E-state index in [1.54, 1.807) is 6.07 Å². The fourth-order valence-corrected chi connectivity index (χ4v) is 2.97. The van der Waals surface area contributed by atoms with Gasteiger partial charge in [0.1, 0.15) is 11.6 Å². The highest BCUT2D eigenvalue weighted by atomic mass is 35.5. The molecule has 158 valence electrons. The van der Waals surface area contributed by atoms with Gasteiger partial charge >= 0.3 is 5.69 Å². The number of benzene rings is 1. The van der Waals surface area contributed by atoms with Crippen molar-refractivity contribution >= 4 is 40.6 Å². The molecule has 1 aromatic carbocycles. The molecule has 0 unspecified atom stereocenters. The molecule has 0 aliphatic rings. The Balaban J connectivity index is 2.37. The number of amides is 1. The Bertz CT molecular complexity index is 989. The highest BCUT2D eigenvalue weighted by Gasteiger charge is 2.24. The third-order valence-corrected chi connectivity index (χ3v) is 4.54. The Labute approximate surface area is 176 Å². The summed E-state index contributed by atoms with van der Waals surface area (Å²) in [6.45, 7) is 1.87. The van der Waals surface area contributed by atoms with Gasteiger partial charge in [-0.25, -0.2) is 4.79 Å². The van der Waals surface area contributed by atoms with Crippen molar-refractivity contribution in [1.29, 1.82) is 0 Å². The lowest BCUT2D eigenvalue weighted by Gasteiger charge is -2.24. The number of aromatic nitrogens is 2. The average molecular weight is 445 g/mol. The van der Waals surface area contributed by atoms with Crippen LogP contribution in [0.5, 0.6) is 5.75 Å². The van der Waals surface area contributed by atoms with Crippen LogP contribution < -0.4 is 26.6 Å². The molecule has 29 heavy (non-hydrogen) atoms. The molecule has 3 N–H and O–H groups in total. The molecule has 2 rings (SSSR count). The molecule has 9 nitrogen and oxygen atoms in total. The molecule has 11 heteroatoms. The van der Waals surface area contributed by atoms with E-state index in [2.05, 4.69) is 4.98 Å². The summed E-state index contributed by atoms with van der Waals surface area (Å²) in [5, 5.41) is 0.667. The Kier molecular flexibility index (Phi) is 8.12. The second kappa shape index (κ2) is 10.3. The number of carbonyl (C=O) groups is 1. The minimum atomic E-state index is -0.773. The van der Waals surface area contributed by atoms with Gasteiger partial charge in [-0.05, 0) is 18.6 Å². The van der Waals surface area contributed by atoms with Gasteiger partial charge in [0.05, 0.1) is 11.6 Å². The molecule has 2 aromatic rings. The van der Waals surface area contributed by atoms with E-state index >= 15 is 0 Å². The van der Waals surface area contributed by atoms with Crippen LogP contribution >= 0.6 is 23.2 Å². The van der Waals surface area contributed by atoms with Crippen molar-refractivity contribution in [3.63, 3.8) is 0 Å². The van der Waals surface area contributed by atoms with E-state index in [9.17, 15) is 14.4 Å². The van der Waals surface area contributed by atoms with Crippen molar-refractivity contribution in [1.82, 2.24) is 9.55 Å². The van der Waals surface area contributed by atoms with Crippen LogP contribution in [0.2, 0.25) is 10.0 Å². The van der Waals surface area contributed by atoms with Crippen molar-refractivity contribution in [3.05, 3.63) is 49.1 Å². The van der Waals surface area contributed by atoms with Crippen LogP contribution in [0.3, 0.4) is 0 Å². The molecule has 0 radical (unpaired) electrons. The lowest BCUT2D eigenvalue weighted by Crippen LogP contribution is -2.44. The van der Waals surface area contributed by atoms with E-state index < -0.39 is 23.8 Å². The summed E-state index contributed by atoms with van der Waals surface area (Å²) in [7, 11) is 1.45. The van der Waals surface area contributed by atoms with Gasteiger partial charge in [0.25, 0.3) is 11.5 Å². The highest BCUT2D eigenvalue weighted by Crippen LogP contribution is 2.28. The van der Waals surface area contributed by atoms with E-state index in [0.29, 0.717) is 11.4 Å². The number of nitrogens with two attached hydrogens (primary N) is 1. The lowest BCUT2D eigenvalue weighted by atomic mass is 10.3. The van der Waals surface area contributed by atoms with Gasteiger partial charge in [-0.2, -0.15) is 0 Å². The van der Waals surface area contributed by atoms with Gasteiger partial charge in [-0.1, -0.05) is 30.1 Å². The zero-order valence-electron chi connectivity index (χ0n) is 16.0. The number of hydrogen-bond acceptors (Lipinski definition) is 6. The molecule has 0 saturated heterocycles. The van der Waals surface area contributed by atoms with E-state index in [4.69, 9.17) is 38.4 Å². The summed E-state index contributed by atoms with van der Waals surface area (Å²) in [4.78, 5) is 40.6. The zero-order valence-corrected chi connectivity index (χ0v) is 17.5. The molecule has 1 heterocycles. The number of ether oxygens (including phenoxy) is 2. The normalized spacial score (nSPS) is 10.8. The molecule has 0 saturated carbocycles. The third kappa shape index (κ3) is 5.53. The van der Waals surface area contributed by atoms with Crippen LogP contribution in [0, 0.1) is 0 Å². The number of nitrogens with zero attached hydrogens (tertiary/aromatic N) is 2. The first kappa shape index (κ1) is 22.8. The first-order valence-electron chi connectivity index (χ1n) is 8.79. The largest absolute Gasteiger partial charge is 0.482 e. The lowest BCUT2D eigenvalue weighted by molar-refractivity contribution is -0.120. The Morgan fingerprint density at radius 2 is 2.03 bits per heavy atom. The summed E-state index contributed by atoms with van der Waals surface area (Å²) in [5.74, 6) is -0.458. The topological polar surface area (TPSA) is 120 Å². The Morgan fingerprint density at radius 1 is 1.31 bits per heavy atom. The molecular formula is C18H22Cl2N4O5. The number of nitrogen functional groups attached to an aromatic ring is 1. The van der Waals surface area contributed by atoms with Crippen LogP contribution in [0.15, 0.2) is 27.8 Å². The van der Waals surface area contributed by atoms with Gasteiger partial charge in [0.15, 0.2) is 12.3 Å². The van der Waals surface area contributed by atoms with Crippen LogP contribution in [0.25, 0.3) is 0 Å². The number of halogens is 2. The number of nitrogens with one attached hydrogen (secondary N) is 1. The van der Waals surface area contributed by atoms with Crippen molar-refractivity contribution in [2.45, 2.75) is 19.9 Å². The van der Waals surface area contributed by atoms with Crippen molar-refractivity contribution < 1.29 is 14.3 Å². The van der Waals surface area contributed by atoms with Crippen molar-refractivity contribution in [3.8, 4) is 5.75 Å². The summed E-state index contributed by atoms with van der Waals surface area (Å²) in [6, 6.07) is 4.59. The standard InChI is InChI=1S/C18H22Cl2N4O5/c1-3-6-24-16(21)15(17(26)22-18(24)27)23(7-8-28-2)14(25)10-29-13-9-11(19)4-5-12(13)20/h4-5,9H,3,6-8,10,21H2,1-2H3,(H,22,26,27). The first-order valence-corrected chi connectivity index (χ1v) is 9.55. The number of hydrogen-bond donors (Lipinski definition) is 2. The third-order valence-electron chi connectivity index (χ3n) is 4.00. The number of methoxy groups -OCH3 is 1. The predicted molar refractivity (Wildman–Crippen MR) is 112 cm³/mol.